The number of nitrogens with zero attached hydrogens (tertiary/aromatic N) is 3. The number of aliphatic hydroxyl groups is 1. The van der Waals surface area contributed by atoms with E-state index in [1.54, 1.807) is 6.92 Å². The number of aliphatic imine (C=N–C) groups is 1. The molecule has 1 heterocycles. The summed E-state index contributed by atoms with van der Waals surface area (Å²) in [6, 6.07) is 2.54. The normalized spacial score (nSPS) is 16.5. The second kappa shape index (κ2) is 6.97. The van der Waals surface area contributed by atoms with Crippen molar-refractivity contribution in [3.8, 4) is 5.75 Å². The molecule has 0 saturated heterocycles. The van der Waals surface area contributed by atoms with E-state index in [4.69, 9.17) is 26.7 Å². The average Bonchev–Trinajstić information content (AvgIpc) is 2.85. The summed E-state index contributed by atoms with van der Waals surface area (Å²) >= 11 is 0. The molecule has 1 aromatic rings. The van der Waals surface area contributed by atoms with Crippen LogP contribution in [0, 0.1) is 5.41 Å². The van der Waals surface area contributed by atoms with Gasteiger partial charge < -0.3 is 21.3 Å². The van der Waals surface area contributed by atoms with Crippen molar-refractivity contribution in [2.24, 2.45) is 10.1 Å². The third kappa shape index (κ3) is 3.82. The van der Waals surface area contributed by atoms with Gasteiger partial charge in [-0.3, -0.25) is 5.41 Å². The third-order valence-electron chi connectivity index (χ3n) is 3.24. The van der Waals surface area contributed by atoms with Crippen LogP contribution in [0.4, 0.5) is 30.2 Å². The van der Waals surface area contributed by atoms with E-state index < -0.39 is 23.4 Å². The Morgan fingerprint density at radius 2 is 2.00 bits per heavy atom. The van der Waals surface area contributed by atoms with Crippen molar-refractivity contribution in [2.75, 3.05) is 31.2 Å². The number of nitrogens with one attached hydrogen (secondary N) is 1. The molecule has 0 amide bonds. The lowest BCUT2D eigenvalue weighted by atomic mass is 10.2. The number of nitrogen functional groups attached to an aromatic ring is 2. The molecule has 8 nitrogen and oxygen atoms in total. The molecule has 0 unspecified atom stereocenters. The maximum Gasteiger partial charge on any atom is 0.437 e. The average molecular weight is 358 g/mol. The predicted octanol–water partition coefficient (Wildman–Crippen LogP) is 1.53. The number of aliphatic hydroxyl groups excluding tert-OH is 1. The Balaban J connectivity index is 2.51. The van der Waals surface area contributed by atoms with Crippen LogP contribution >= 0.6 is 0 Å². The van der Waals surface area contributed by atoms with Crippen LogP contribution in [-0.4, -0.2) is 53.3 Å². The van der Waals surface area contributed by atoms with Gasteiger partial charge in [0.15, 0.2) is 11.5 Å². The quantitative estimate of drug-likeness (QED) is 0.592. The number of hydrazone groups is 1. The first-order chi connectivity index (χ1) is 11.7. The molecule has 6 N–H and O–H groups in total. The number of ether oxygens (including phenoxy) is 1. The van der Waals surface area contributed by atoms with Gasteiger partial charge in [0.1, 0.15) is 18.1 Å². The number of alkyl halides is 3. The van der Waals surface area contributed by atoms with E-state index in [1.807, 2.05) is 0 Å². The van der Waals surface area contributed by atoms with Crippen molar-refractivity contribution >= 4 is 34.3 Å². The predicted molar refractivity (Wildman–Crippen MR) is 88.5 cm³/mol. The second-order valence-corrected chi connectivity index (χ2v) is 4.99. The fraction of sp³-hybridized carbons (Fsp3) is 0.357. The first-order valence-electron chi connectivity index (χ1n) is 7.23. The number of amidine groups is 1. The molecule has 0 bridgehead atoms. The van der Waals surface area contributed by atoms with Gasteiger partial charge in [0.2, 0.25) is 0 Å². The van der Waals surface area contributed by atoms with Gasteiger partial charge in [0.25, 0.3) is 0 Å². The van der Waals surface area contributed by atoms with Gasteiger partial charge in [-0.05, 0) is 13.0 Å². The maximum atomic E-state index is 13.2. The zero-order valence-electron chi connectivity index (χ0n) is 13.3. The van der Waals surface area contributed by atoms with E-state index in [9.17, 15) is 13.2 Å². The van der Waals surface area contributed by atoms with Crippen LogP contribution in [0.3, 0.4) is 0 Å². The van der Waals surface area contributed by atoms with Crippen LogP contribution in [0.15, 0.2) is 22.2 Å². The number of halogens is 3. The third-order valence-corrected chi connectivity index (χ3v) is 3.24. The molecule has 1 aliphatic heterocycles. The molecule has 0 saturated carbocycles. The van der Waals surface area contributed by atoms with Crippen molar-refractivity contribution in [3.63, 3.8) is 0 Å². The molecule has 0 fully saturated rings. The van der Waals surface area contributed by atoms with Gasteiger partial charge in [-0.1, -0.05) is 0 Å². The first-order valence-corrected chi connectivity index (χ1v) is 7.23. The summed E-state index contributed by atoms with van der Waals surface area (Å²) in [5.41, 5.74) is 9.70. The van der Waals surface area contributed by atoms with Crippen LogP contribution in [0.5, 0.6) is 5.75 Å². The Hall–Kier alpha value is -2.82. The van der Waals surface area contributed by atoms with Crippen LogP contribution in [0.1, 0.15) is 6.92 Å². The molecule has 0 aromatic heterocycles. The first kappa shape index (κ1) is 18.5. The minimum Gasteiger partial charge on any atom is -0.489 e. The van der Waals surface area contributed by atoms with Crippen LogP contribution < -0.4 is 16.2 Å². The molecule has 11 heteroatoms. The largest absolute Gasteiger partial charge is 0.489 e. The Morgan fingerprint density at radius 1 is 1.32 bits per heavy atom. The second-order valence-electron chi connectivity index (χ2n) is 4.99. The number of rotatable bonds is 5. The fourth-order valence-electron chi connectivity index (χ4n) is 2.08. The number of hydrogen-bond acceptors (Lipinski definition) is 7. The van der Waals surface area contributed by atoms with Gasteiger partial charge in [-0.15, -0.1) is 0 Å². The van der Waals surface area contributed by atoms with Gasteiger partial charge in [-0.25, -0.2) is 10.0 Å². The Labute approximate surface area is 141 Å². The maximum absolute atomic E-state index is 13.2. The SMILES string of the molecule is CCN1N=C(C(F)(F)F)C(=Nc2cc(OCCO)c(N)cc2N)C1=N. The summed E-state index contributed by atoms with van der Waals surface area (Å²) in [4.78, 5) is 3.87. The van der Waals surface area contributed by atoms with Crippen molar-refractivity contribution in [3.05, 3.63) is 12.1 Å². The van der Waals surface area contributed by atoms with E-state index in [-0.39, 0.29) is 42.6 Å². The van der Waals surface area contributed by atoms with Crippen molar-refractivity contribution in [2.45, 2.75) is 13.1 Å². The summed E-state index contributed by atoms with van der Waals surface area (Å²) in [6.07, 6.45) is -4.77. The van der Waals surface area contributed by atoms with E-state index in [0.717, 1.165) is 5.01 Å². The van der Waals surface area contributed by atoms with E-state index in [1.165, 1.54) is 12.1 Å². The summed E-state index contributed by atoms with van der Waals surface area (Å²) in [6.45, 7) is 1.32. The lowest BCUT2D eigenvalue weighted by Crippen LogP contribution is -2.33. The summed E-state index contributed by atoms with van der Waals surface area (Å²) in [5.74, 6) is -0.367. The molecule has 1 aromatic carbocycles. The highest BCUT2D eigenvalue weighted by Crippen LogP contribution is 2.34. The molecule has 0 atom stereocenters. The molecular formula is C14H17F3N6O2. The Bertz CT molecular complexity index is 745. The van der Waals surface area contributed by atoms with Gasteiger partial charge in [-0.2, -0.15) is 18.3 Å². The Kier molecular flexibility index (Phi) is 5.16. The summed E-state index contributed by atoms with van der Waals surface area (Å²) < 4.78 is 44.7. The van der Waals surface area contributed by atoms with E-state index >= 15 is 0 Å². The van der Waals surface area contributed by atoms with E-state index in [0.29, 0.717) is 0 Å². The van der Waals surface area contributed by atoms with Crippen molar-refractivity contribution in [1.82, 2.24) is 5.01 Å². The molecule has 136 valence electrons. The van der Waals surface area contributed by atoms with Crippen LogP contribution in [-0.2, 0) is 0 Å². The number of benzene rings is 1. The topological polar surface area (TPSA) is 133 Å². The standard InChI is InChI=1S/C14H17F3N6O2/c1-2-23-13(20)11(12(22-23)14(15,16)17)21-9-6-10(25-4-3-24)8(19)5-7(9)18/h5-6,20,24H,2-4,18-19H2,1H3. The fourth-order valence-corrected chi connectivity index (χ4v) is 2.08. The van der Waals surface area contributed by atoms with Crippen LogP contribution in [0.2, 0.25) is 0 Å². The zero-order chi connectivity index (χ0) is 18.8. The summed E-state index contributed by atoms with van der Waals surface area (Å²) in [7, 11) is 0. The molecule has 0 aliphatic carbocycles. The summed E-state index contributed by atoms with van der Waals surface area (Å²) in [5, 5.41) is 20.9. The van der Waals surface area contributed by atoms with Crippen LogP contribution in [0.25, 0.3) is 0 Å². The number of anilines is 2. The highest BCUT2D eigenvalue weighted by Gasteiger charge is 2.46. The van der Waals surface area contributed by atoms with Crippen molar-refractivity contribution in [1.29, 1.82) is 5.41 Å². The lowest BCUT2D eigenvalue weighted by Gasteiger charge is -2.12. The number of nitrogens with two attached hydrogens (primary N) is 2. The van der Waals surface area contributed by atoms with Gasteiger partial charge >= 0.3 is 6.18 Å². The molecule has 0 spiro atoms. The van der Waals surface area contributed by atoms with E-state index in [2.05, 4.69) is 10.1 Å². The van der Waals surface area contributed by atoms with Gasteiger partial charge in [0.05, 0.1) is 23.7 Å². The lowest BCUT2D eigenvalue weighted by molar-refractivity contribution is -0.0570. The minimum atomic E-state index is -4.77. The minimum absolute atomic E-state index is 0.0191. The Morgan fingerprint density at radius 3 is 2.56 bits per heavy atom. The highest BCUT2D eigenvalue weighted by molar-refractivity contribution is 6.70. The molecule has 1 aliphatic rings. The van der Waals surface area contributed by atoms with Crippen molar-refractivity contribution < 1.29 is 23.0 Å². The molecule has 25 heavy (non-hydrogen) atoms. The molecule has 2 rings (SSSR count). The zero-order valence-corrected chi connectivity index (χ0v) is 13.3. The molecule has 0 radical (unpaired) electrons. The smallest absolute Gasteiger partial charge is 0.437 e. The molecular weight excluding hydrogens is 341 g/mol. The monoisotopic (exact) mass is 358 g/mol. The number of hydrogen-bond donors (Lipinski definition) is 4. The van der Waals surface area contributed by atoms with Gasteiger partial charge in [0, 0.05) is 12.6 Å². The highest BCUT2D eigenvalue weighted by atomic mass is 19.4.